The van der Waals surface area contributed by atoms with E-state index in [9.17, 15) is 0 Å². The Morgan fingerprint density at radius 2 is 2.18 bits per heavy atom. The zero-order valence-electron chi connectivity index (χ0n) is 9.47. The maximum absolute atomic E-state index is 6.10. The fourth-order valence-corrected chi connectivity index (χ4v) is 2.31. The van der Waals surface area contributed by atoms with Crippen molar-refractivity contribution >= 4 is 17.2 Å². The van der Waals surface area contributed by atoms with E-state index in [1.54, 1.807) is 0 Å². The Morgan fingerprint density at radius 3 is 2.94 bits per heavy atom. The van der Waals surface area contributed by atoms with Crippen LogP contribution in [0.1, 0.15) is 5.69 Å². The zero-order valence-corrected chi connectivity index (χ0v) is 10.2. The van der Waals surface area contributed by atoms with Crippen LogP contribution in [-0.4, -0.2) is 40.6 Å². The predicted molar refractivity (Wildman–Crippen MR) is 66.3 cm³/mol. The van der Waals surface area contributed by atoms with Gasteiger partial charge in [-0.05, 0) is 12.1 Å². The molecule has 90 valence electrons. The highest BCUT2D eigenvalue weighted by atomic mass is 35.5. The van der Waals surface area contributed by atoms with Crippen molar-refractivity contribution in [3.63, 3.8) is 0 Å². The Balaban J connectivity index is 1.83. The van der Waals surface area contributed by atoms with Gasteiger partial charge < -0.3 is 9.14 Å². The van der Waals surface area contributed by atoms with Gasteiger partial charge in [0, 0.05) is 32.0 Å². The van der Waals surface area contributed by atoms with Gasteiger partial charge in [-0.1, -0.05) is 11.6 Å². The van der Waals surface area contributed by atoms with Gasteiger partial charge >= 0.3 is 0 Å². The number of halogens is 1. The van der Waals surface area contributed by atoms with E-state index < -0.39 is 0 Å². The van der Waals surface area contributed by atoms with Crippen LogP contribution in [0.15, 0.2) is 24.5 Å². The van der Waals surface area contributed by atoms with Crippen LogP contribution in [0.3, 0.4) is 0 Å². The average molecular weight is 252 g/mol. The van der Waals surface area contributed by atoms with Gasteiger partial charge in [0.1, 0.15) is 0 Å². The molecule has 1 saturated heterocycles. The molecule has 0 bridgehead atoms. The van der Waals surface area contributed by atoms with E-state index in [-0.39, 0.29) is 0 Å². The Morgan fingerprint density at radius 1 is 1.35 bits per heavy atom. The second-order valence-corrected chi connectivity index (χ2v) is 4.61. The van der Waals surface area contributed by atoms with E-state index in [1.807, 2.05) is 28.9 Å². The standard InChI is InChI=1S/C12H14ClN3O/c13-11-2-1-3-16-9-10(14-12(11)16)8-15-4-6-17-7-5-15/h1-3,9H,4-8H2. The van der Waals surface area contributed by atoms with Gasteiger partial charge in [0.05, 0.1) is 23.9 Å². The summed E-state index contributed by atoms with van der Waals surface area (Å²) in [6, 6.07) is 3.79. The molecule has 0 unspecified atom stereocenters. The van der Waals surface area contributed by atoms with Gasteiger partial charge in [0.2, 0.25) is 0 Å². The molecule has 3 heterocycles. The largest absolute Gasteiger partial charge is 0.379 e. The third kappa shape index (κ3) is 2.29. The van der Waals surface area contributed by atoms with Crippen molar-refractivity contribution in [1.29, 1.82) is 0 Å². The Kier molecular flexibility index (Phi) is 3.01. The highest BCUT2D eigenvalue weighted by molar-refractivity contribution is 6.33. The molecule has 3 rings (SSSR count). The van der Waals surface area contributed by atoms with Crippen LogP contribution >= 0.6 is 11.6 Å². The topological polar surface area (TPSA) is 29.8 Å². The monoisotopic (exact) mass is 251 g/mol. The van der Waals surface area contributed by atoms with E-state index in [1.165, 1.54) is 0 Å². The number of aromatic nitrogens is 2. The van der Waals surface area contributed by atoms with E-state index in [0.717, 1.165) is 44.2 Å². The van der Waals surface area contributed by atoms with Crippen molar-refractivity contribution in [3.05, 3.63) is 35.2 Å². The molecule has 1 aliphatic heterocycles. The summed E-state index contributed by atoms with van der Waals surface area (Å²) in [6.45, 7) is 4.44. The van der Waals surface area contributed by atoms with Gasteiger partial charge in [-0.25, -0.2) is 4.98 Å². The van der Waals surface area contributed by atoms with Crippen molar-refractivity contribution in [1.82, 2.24) is 14.3 Å². The van der Waals surface area contributed by atoms with Gasteiger partial charge in [0.25, 0.3) is 0 Å². The summed E-state index contributed by atoms with van der Waals surface area (Å²) >= 11 is 6.10. The second-order valence-electron chi connectivity index (χ2n) is 4.21. The minimum atomic E-state index is 0.695. The molecule has 0 spiro atoms. The molecular weight excluding hydrogens is 238 g/mol. The lowest BCUT2D eigenvalue weighted by Gasteiger charge is -2.25. The predicted octanol–water partition coefficient (Wildman–Crippen LogP) is 1.82. The molecule has 17 heavy (non-hydrogen) atoms. The summed E-state index contributed by atoms with van der Waals surface area (Å²) in [7, 11) is 0. The number of morpholine rings is 1. The van der Waals surface area contributed by atoms with E-state index in [4.69, 9.17) is 16.3 Å². The molecule has 0 radical (unpaired) electrons. The lowest BCUT2D eigenvalue weighted by atomic mass is 10.3. The zero-order chi connectivity index (χ0) is 11.7. The molecule has 4 nitrogen and oxygen atoms in total. The van der Waals surface area contributed by atoms with Crippen LogP contribution in [0.4, 0.5) is 0 Å². The van der Waals surface area contributed by atoms with Gasteiger partial charge in [-0.3, -0.25) is 4.90 Å². The number of imidazole rings is 1. The first-order valence-corrected chi connectivity index (χ1v) is 6.13. The Hall–Kier alpha value is -1.10. The molecule has 1 fully saturated rings. The highest BCUT2D eigenvalue weighted by Gasteiger charge is 2.13. The van der Waals surface area contributed by atoms with Crippen molar-refractivity contribution in [3.8, 4) is 0 Å². The molecule has 0 aliphatic carbocycles. The van der Waals surface area contributed by atoms with Crippen molar-refractivity contribution in [2.24, 2.45) is 0 Å². The lowest BCUT2D eigenvalue weighted by molar-refractivity contribution is 0.0337. The minimum absolute atomic E-state index is 0.695. The van der Waals surface area contributed by atoms with Gasteiger partial charge in [-0.2, -0.15) is 0 Å². The molecule has 0 N–H and O–H groups in total. The first kappa shape index (κ1) is 11.0. The van der Waals surface area contributed by atoms with Crippen LogP contribution < -0.4 is 0 Å². The van der Waals surface area contributed by atoms with E-state index in [0.29, 0.717) is 5.02 Å². The number of hydrogen-bond acceptors (Lipinski definition) is 3. The Bertz CT molecular complexity index is 519. The normalized spacial score (nSPS) is 17.7. The molecule has 2 aromatic heterocycles. The minimum Gasteiger partial charge on any atom is -0.379 e. The van der Waals surface area contributed by atoms with Crippen LogP contribution in [0, 0.1) is 0 Å². The smallest absolute Gasteiger partial charge is 0.155 e. The maximum Gasteiger partial charge on any atom is 0.155 e. The highest BCUT2D eigenvalue weighted by Crippen LogP contribution is 2.17. The van der Waals surface area contributed by atoms with Gasteiger partial charge in [0.15, 0.2) is 5.65 Å². The number of ether oxygens (including phenoxy) is 1. The molecule has 0 saturated carbocycles. The molecule has 1 aliphatic rings. The number of fused-ring (bicyclic) bond motifs is 1. The Labute approximate surface area is 105 Å². The number of nitrogens with zero attached hydrogens (tertiary/aromatic N) is 3. The van der Waals surface area contributed by atoms with Crippen LogP contribution in [0.2, 0.25) is 5.02 Å². The molecule has 0 aromatic carbocycles. The molecule has 0 atom stereocenters. The van der Waals surface area contributed by atoms with Crippen molar-refractivity contribution in [2.75, 3.05) is 26.3 Å². The SMILES string of the molecule is Clc1cccn2cc(CN3CCOCC3)nc12. The first-order chi connectivity index (χ1) is 8.33. The van der Waals surface area contributed by atoms with Crippen molar-refractivity contribution < 1.29 is 4.74 Å². The van der Waals surface area contributed by atoms with Crippen molar-refractivity contribution in [2.45, 2.75) is 6.54 Å². The molecule has 2 aromatic rings. The van der Waals surface area contributed by atoms with Gasteiger partial charge in [-0.15, -0.1) is 0 Å². The van der Waals surface area contributed by atoms with Crippen LogP contribution in [-0.2, 0) is 11.3 Å². The average Bonchev–Trinajstić information content (AvgIpc) is 2.74. The van der Waals surface area contributed by atoms with Crippen LogP contribution in [0.25, 0.3) is 5.65 Å². The quantitative estimate of drug-likeness (QED) is 0.816. The molecule has 5 heteroatoms. The third-order valence-electron chi connectivity index (χ3n) is 2.97. The number of pyridine rings is 1. The summed E-state index contributed by atoms with van der Waals surface area (Å²) in [4.78, 5) is 6.90. The summed E-state index contributed by atoms with van der Waals surface area (Å²) in [5.41, 5.74) is 1.89. The second kappa shape index (κ2) is 4.64. The maximum atomic E-state index is 6.10. The third-order valence-corrected chi connectivity index (χ3v) is 3.27. The number of rotatable bonds is 2. The number of hydrogen-bond donors (Lipinski definition) is 0. The summed E-state index contributed by atoms with van der Waals surface area (Å²) < 4.78 is 7.30. The van der Waals surface area contributed by atoms with E-state index >= 15 is 0 Å². The summed E-state index contributed by atoms with van der Waals surface area (Å²) in [5, 5.41) is 0.695. The first-order valence-electron chi connectivity index (χ1n) is 5.75. The van der Waals surface area contributed by atoms with Crippen LogP contribution in [0.5, 0.6) is 0 Å². The fourth-order valence-electron chi connectivity index (χ4n) is 2.09. The summed E-state index contributed by atoms with van der Waals surface area (Å²) in [5.74, 6) is 0. The van der Waals surface area contributed by atoms with E-state index in [2.05, 4.69) is 9.88 Å². The summed E-state index contributed by atoms with van der Waals surface area (Å²) in [6.07, 6.45) is 4.01. The fraction of sp³-hybridized carbons (Fsp3) is 0.417. The molecular formula is C12H14ClN3O. The lowest BCUT2D eigenvalue weighted by Crippen LogP contribution is -2.35. The molecule has 0 amide bonds.